The summed E-state index contributed by atoms with van der Waals surface area (Å²) in [6.45, 7) is 6.38. The van der Waals surface area contributed by atoms with Gasteiger partial charge in [-0.05, 0) is 26.8 Å². The first-order valence-electron chi connectivity index (χ1n) is 5.67. The summed E-state index contributed by atoms with van der Waals surface area (Å²) in [7, 11) is 0. The fraction of sp³-hybridized carbons (Fsp3) is 0.500. The number of hydrogen-bond donors (Lipinski definition) is 1. The van der Waals surface area contributed by atoms with E-state index in [2.05, 4.69) is 0 Å². The molecule has 6 heteroatoms. The van der Waals surface area contributed by atoms with E-state index in [0.717, 1.165) is 0 Å². The number of carbonyl (C=O) groups excluding carboxylic acids is 1. The van der Waals surface area contributed by atoms with Crippen molar-refractivity contribution < 1.29 is 4.79 Å². The van der Waals surface area contributed by atoms with E-state index in [1.54, 1.807) is 11.0 Å². The normalized spacial score (nSPS) is 20.2. The summed E-state index contributed by atoms with van der Waals surface area (Å²) < 4.78 is 0. The summed E-state index contributed by atoms with van der Waals surface area (Å²) in [4.78, 5) is 14.4. The van der Waals surface area contributed by atoms with Gasteiger partial charge in [0.2, 0.25) is 0 Å². The van der Waals surface area contributed by atoms with Gasteiger partial charge in [-0.15, -0.1) is 11.6 Å². The second-order valence-corrected chi connectivity index (χ2v) is 5.55. The van der Waals surface area contributed by atoms with Gasteiger partial charge in [0.25, 0.3) is 5.91 Å². The molecule has 0 radical (unpaired) electrons. The van der Waals surface area contributed by atoms with Gasteiger partial charge in [-0.25, -0.2) is 0 Å². The predicted octanol–water partition coefficient (Wildman–Crippen LogP) is 2.57. The number of alkyl halides is 1. The number of halogens is 2. The quantitative estimate of drug-likeness (QED) is 0.644. The molecule has 0 spiro atoms. The van der Waals surface area contributed by atoms with E-state index in [4.69, 9.17) is 41.2 Å². The Morgan fingerprint density at radius 1 is 1.61 bits per heavy atom. The topological polar surface area (TPSA) is 46.3 Å². The molecule has 0 aromatic carbocycles. The van der Waals surface area contributed by atoms with Gasteiger partial charge in [0.05, 0.1) is 26.5 Å². The number of likely N-dealkylation sites (N-methyl/N-ethyl adjacent to an activating group) is 1. The molecular weight excluding hydrogens is 291 g/mol. The number of thiocarbonyl (C=S) groups is 1. The number of allylic oxidation sites excluding steroid dienone is 2. The van der Waals surface area contributed by atoms with Crippen molar-refractivity contribution in [2.24, 2.45) is 5.73 Å². The summed E-state index contributed by atoms with van der Waals surface area (Å²) in [5.41, 5.74) is 6.40. The summed E-state index contributed by atoms with van der Waals surface area (Å²) in [6.07, 6.45) is 1.57. The maximum atomic E-state index is 12.4. The lowest BCUT2D eigenvalue weighted by Crippen LogP contribution is -2.40. The number of rotatable bonds is 3. The lowest BCUT2D eigenvalue weighted by atomic mass is 10.0. The largest absolute Gasteiger partial charge is 0.397 e. The molecule has 0 aromatic heterocycles. The molecule has 0 saturated heterocycles. The Bertz CT molecular complexity index is 443. The van der Waals surface area contributed by atoms with Crippen LogP contribution in [0, 0.1) is 0 Å². The minimum atomic E-state index is -0.565. The van der Waals surface area contributed by atoms with Gasteiger partial charge < -0.3 is 10.6 Å². The SMILES string of the molecule is CCN(C(=O)C1=CC(Cl)C(=S)C(Cl)=C1N)C(C)C. The Kier molecular flexibility index (Phi) is 5.20. The minimum absolute atomic E-state index is 0.0811. The zero-order valence-corrected chi connectivity index (χ0v) is 12.9. The Morgan fingerprint density at radius 3 is 2.61 bits per heavy atom. The lowest BCUT2D eigenvalue weighted by Gasteiger charge is -2.28. The van der Waals surface area contributed by atoms with Crippen molar-refractivity contribution in [3.63, 3.8) is 0 Å². The van der Waals surface area contributed by atoms with Crippen LogP contribution < -0.4 is 5.73 Å². The van der Waals surface area contributed by atoms with Crippen LogP contribution in [0.2, 0.25) is 0 Å². The standard InChI is InChI=1S/C12H16Cl2N2OS/c1-4-16(6(2)3)12(17)7-5-8(13)11(18)9(14)10(7)15/h5-6,8H,4,15H2,1-3H3. The third-order valence-electron chi connectivity index (χ3n) is 2.76. The fourth-order valence-electron chi connectivity index (χ4n) is 1.77. The first kappa shape index (κ1) is 15.5. The Labute approximate surface area is 123 Å². The highest BCUT2D eigenvalue weighted by Gasteiger charge is 2.29. The molecule has 1 unspecified atom stereocenters. The first-order valence-corrected chi connectivity index (χ1v) is 6.90. The van der Waals surface area contributed by atoms with Crippen LogP contribution >= 0.6 is 35.4 Å². The predicted molar refractivity (Wildman–Crippen MR) is 79.9 cm³/mol. The number of hydrogen-bond acceptors (Lipinski definition) is 3. The molecule has 1 aliphatic rings. The maximum absolute atomic E-state index is 12.4. The Morgan fingerprint density at radius 2 is 2.17 bits per heavy atom. The van der Waals surface area contributed by atoms with E-state index in [0.29, 0.717) is 17.0 Å². The monoisotopic (exact) mass is 306 g/mol. The van der Waals surface area contributed by atoms with E-state index < -0.39 is 5.38 Å². The van der Waals surface area contributed by atoms with E-state index >= 15 is 0 Å². The van der Waals surface area contributed by atoms with Gasteiger partial charge in [0.15, 0.2) is 0 Å². The molecule has 0 aromatic rings. The third-order valence-corrected chi connectivity index (χ3v) is 4.21. The molecule has 1 atom stereocenters. The molecule has 1 amide bonds. The molecule has 0 saturated carbocycles. The summed E-state index contributed by atoms with van der Waals surface area (Å²) in [6, 6.07) is 0.0811. The van der Waals surface area contributed by atoms with Crippen molar-refractivity contribution in [1.29, 1.82) is 0 Å². The van der Waals surface area contributed by atoms with Crippen molar-refractivity contribution >= 4 is 46.2 Å². The number of nitrogens with two attached hydrogens (primary N) is 1. The second-order valence-electron chi connectivity index (χ2n) is 4.26. The highest BCUT2D eigenvalue weighted by molar-refractivity contribution is 7.81. The second kappa shape index (κ2) is 6.04. The summed E-state index contributed by atoms with van der Waals surface area (Å²) in [5.74, 6) is -0.170. The zero-order valence-electron chi connectivity index (χ0n) is 10.5. The molecule has 1 aliphatic carbocycles. The van der Waals surface area contributed by atoms with E-state index in [1.165, 1.54) is 0 Å². The van der Waals surface area contributed by atoms with Crippen LogP contribution in [-0.4, -0.2) is 33.6 Å². The van der Waals surface area contributed by atoms with Gasteiger partial charge in [0, 0.05) is 12.6 Å². The molecule has 18 heavy (non-hydrogen) atoms. The van der Waals surface area contributed by atoms with E-state index in [9.17, 15) is 4.79 Å². The average molecular weight is 307 g/mol. The van der Waals surface area contributed by atoms with Crippen molar-refractivity contribution in [3.05, 3.63) is 22.4 Å². The van der Waals surface area contributed by atoms with Crippen LogP contribution in [0.5, 0.6) is 0 Å². The third kappa shape index (κ3) is 2.87. The summed E-state index contributed by atoms with van der Waals surface area (Å²) >= 11 is 17.1. The van der Waals surface area contributed by atoms with Gasteiger partial charge in [-0.1, -0.05) is 23.8 Å². The van der Waals surface area contributed by atoms with Crippen LogP contribution in [0.1, 0.15) is 20.8 Å². The van der Waals surface area contributed by atoms with Gasteiger partial charge in [-0.2, -0.15) is 0 Å². The van der Waals surface area contributed by atoms with Crippen LogP contribution in [0.4, 0.5) is 0 Å². The van der Waals surface area contributed by atoms with Crippen molar-refractivity contribution in [2.45, 2.75) is 32.2 Å². The van der Waals surface area contributed by atoms with E-state index in [-0.39, 0.29) is 22.7 Å². The van der Waals surface area contributed by atoms with Gasteiger partial charge >= 0.3 is 0 Å². The van der Waals surface area contributed by atoms with Crippen molar-refractivity contribution in [3.8, 4) is 0 Å². The molecule has 0 fully saturated rings. The fourth-order valence-corrected chi connectivity index (χ4v) is 2.46. The molecule has 2 N–H and O–H groups in total. The van der Waals surface area contributed by atoms with Crippen LogP contribution in [0.25, 0.3) is 0 Å². The molecule has 100 valence electrons. The Balaban J connectivity index is 3.14. The lowest BCUT2D eigenvalue weighted by molar-refractivity contribution is -0.128. The highest BCUT2D eigenvalue weighted by Crippen LogP contribution is 2.27. The van der Waals surface area contributed by atoms with E-state index in [1.807, 2.05) is 20.8 Å². The average Bonchev–Trinajstić information content (AvgIpc) is 2.31. The van der Waals surface area contributed by atoms with Gasteiger partial charge in [-0.3, -0.25) is 4.79 Å². The molecule has 1 rings (SSSR count). The van der Waals surface area contributed by atoms with Crippen LogP contribution in [0.15, 0.2) is 22.4 Å². The van der Waals surface area contributed by atoms with Crippen molar-refractivity contribution in [2.75, 3.05) is 6.54 Å². The van der Waals surface area contributed by atoms with Gasteiger partial charge in [0.1, 0.15) is 0 Å². The number of carbonyl (C=O) groups is 1. The maximum Gasteiger partial charge on any atom is 0.255 e. The smallest absolute Gasteiger partial charge is 0.255 e. The van der Waals surface area contributed by atoms with Crippen molar-refractivity contribution in [1.82, 2.24) is 4.90 Å². The zero-order chi connectivity index (χ0) is 14.0. The number of amides is 1. The molecule has 0 heterocycles. The minimum Gasteiger partial charge on any atom is -0.397 e. The first-order chi connectivity index (χ1) is 8.31. The molecule has 0 aliphatic heterocycles. The summed E-state index contributed by atoms with van der Waals surface area (Å²) in [5, 5.41) is -0.361. The number of nitrogens with zero attached hydrogens (tertiary/aromatic N) is 1. The molecule has 3 nitrogen and oxygen atoms in total. The molecular formula is C12H16Cl2N2OS. The van der Waals surface area contributed by atoms with Crippen LogP contribution in [0.3, 0.4) is 0 Å². The Hall–Kier alpha value is -0.580. The highest BCUT2D eigenvalue weighted by atomic mass is 35.5. The molecule has 0 bridgehead atoms. The van der Waals surface area contributed by atoms with Crippen LogP contribution in [-0.2, 0) is 4.79 Å².